The van der Waals surface area contributed by atoms with E-state index in [9.17, 15) is 0 Å². The smallest absolute Gasteiger partial charge is 0.0301 e. The van der Waals surface area contributed by atoms with Crippen molar-refractivity contribution in [1.29, 1.82) is 0 Å². The number of unbranched alkanes of at least 4 members (excludes halogenated alkanes) is 1. The van der Waals surface area contributed by atoms with Crippen molar-refractivity contribution in [2.24, 2.45) is 5.73 Å². The molecule has 0 radical (unpaired) electrons. The van der Waals surface area contributed by atoms with E-state index in [-0.39, 0.29) is 6.04 Å². The Morgan fingerprint density at radius 1 is 1.12 bits per heavy atom. The lowest BCUT2D eigenvalue weighted by atomic mass is 9.96. The van der Waals surface area contributed by atoms with Crippen LogP contribution in [0.1, 0.15) is 37.8 Å². The van der Waals surface area contributed by atoms with Gasteiger partial charge in [0.15, 0.2) is 0 Å². The minimum Gasteiger partial charge on any atom is -0.324 e. The molecule has 2 rings (SSSR count). The lowest BCUT2D eigenvalue weighted by Gasteiger charge is -2.15. The minimum atomic E-state index is 0.146. The summed E-state index contributed by atoms with van der Waals surface area (Å²) in [5.41, 5.74) is 7.54. The van der Waals surface area contributed by atoms with Gasteiger partial charge in [-0.1, -0.05) is 66.0 Å². The van der Waals surface area contributed by atoms with Crippen molar-refractivity contribution >= 4 is 26.7 Å². The van der Waals surface area contributed by atoms with Crippen molar-refractivity contribution in [3.05, 3.63) is 46.4 Å². The van der Waals surface area contributed by atoms with Gasteiger partial charge in [-0.3, -0.25) is 0 Å². The van der Waals surface area contributed by atoms with E-state index < -0.39 is 0 Å². The first-order chi connectivity index (χ1) is 8.24. The second kappa shape index (κ2) is 5.65. The predicted octanol–water partition coefficient (Wildman–Crippen LogP) is 4.79. The lowest BCUT2D eigenvalue weighted by molar-refractivity contribution is 0.607. The highest BCUT2D eigenvalue weighted by Crippen LogP contribution is 2.30. The maximum atomic E-state index is 6.28. The second-order valence-corrected chi connectivity index (χ2v) is 5.29. The summed E-state index contributed by atoms with van der Waals surface area (Å²) < 4.78 is 1.14. The molecule has 0 heterocycles. The maximum Gasteiger partial charge on any atom is 0.0301 e. The van der Waals surface area contributed by atoms with Gasteiger partial charge in [0.25, 0.3) is 0 Å². The summed E-state index contributed by atoms with van der Waals surface area (Å²) in [5.74, 6) is 0. The minimum absolute atomic E-state index is 0.146. The van der Waals surface area contributed by atoms with Crippen LogP contribution in [0, 0.1) is 0 Å². The number of fused-ring (bicyclic) bond motifs is 1. The summed E-state index contributed by atoms with van der Waals surface area (Å²) >= 11 is 3.59. The van der Waals surface area contributed by atoms with Crippen LogP contribution in [-0.2, 0) is 0 Å². The molecule has 0 spiro atoms. The van der Waals surface area contributed by atoms with Gasteiger partial charge in [0, 0.05) is 10.5 Å². The highest BCUT2D eigenvalue weighted by molar-refractivity contribution is 9.10. The van der Waals surface area contributed by atoms with E-state index in [1.807, 2.05) is 0 Å². The van der Waals surface area contributed by atoms with Crippen LogP contribution in [0.5, 0.6) is 0 Å². The van der Waals surface area contributed by atoms with Crippen LogP contribution in [0.2, 0.25) is 0 Å². The topological polar surface area (TPSA) is 26.0 Å². The molecule has 90 valence electrons. The first-order valence-electron chi connectivity index (χ1n) is 6.16. The van der Waals surface area contributed by atoms with Crippen molar-refractivity contribution in [2.45, 2.75) is 32.2 Å². The standard InChI is InChI=1S/C15H18BrN/c1-2-3-8-15(17)13-9-10-14(16)12-7-5-4-6-11(12)13/h4-7,9-10,15H,2-3,8,17H2,1H3. The van der Waals surface area contributed by atoms with Crippen LogP contribution in [0.4, 0.5) is 0 Å². The van der Waals surface area contributed by atoms with Crippen LogP contribution >= 0.6 is 15.9 Å². The Balaban J connectivity index is 2.44. The molecule has 0 aliphatic carbocycles. The van der Waals surface area contributed by atoms with Gasteiger partial charge < -0.3 is 5.73 Å². The summed E-state index contributed by atoms with van der Waals surface area (Å²) in [6, 6.07) is 12.8. The predicted molar refractivity (Wildman–Crippen MR) is 78.1 cm³/mol. The lowest BCUT2D eigenvalue weighted by Crippen LogP contribution is -2.10. The molecule has 0 aromatic heterocycles. The third-order valence-electron chi connectivity index (χ3n) is 3.17. The molecule has 0 amide bonds. The van der Waals surface area contributed by atoms with Crippen molar-refractivity contribution < 1.29 is 0 Å². The summed E-state index contributed by atoms with van der Waals surface area (Å²) in [6.45, 7) is 2.20. The van der Waals surface area contributed by atoms with Crippen molar-refractivity contribution in [3.8, 4) is 0 Å². The van der Waals surface area contributed by atoms with E-state index in [4.69, 9.17) is 5.73 Å². The van der Waals surface area contributed by atoms with Gasteiger partial charge in [-0.15, -0.1) is 0 Å². The van der Waals surface area contributed by atoms with Crippen LogP contribution in [0.25, 0.3) is 10.8 Å². The van der Waals surface area contributed by atoms with Gasteiger partial charge in [-0.05, 0) is 28.8 Å². The zero-order chi connectivity index (χ0) is 12.3. The molecule has 2 heteroatoms. The molecule has 2 aromatic carbocycles. The highest BCUT2D eigenvalue weighted by Gasteiger charge is 2.10. The van der Waals surface area contributed by atoms with Crippen molar-refractivity contribution in [2.75, 3.05) is 0 Å². The van der Waals surface area contributed by atoms with E-state index in [0.717, 1.165) is 10.9 Å². The normalized spacial score (nSPS) is 12.9. The van der Waals surface area contributed by atoms with E-state index in [1.165, 1.54) is 29.2 Å². The zero-order valence-electron chi connectivity index (χ0n) is 10.1. The summed E-state index contributed by atoms with van der Waals surface area (Å²) in [5, 5.41) is 2.52. The van der Waals surface area contributed by atoms with Crippen molar-refractivity contribution in [3.63, 3.8) is 0 Å². The Morgan fingerprint density at radius 3 is 2.53 bits per heavy atom. The van der Waals surface area contributed by atoms with E-state index in [0.29, 0.717) is 0 Å². The summed E-state index contributed by atoms with van der Waals surface area (Å²) in [4.78, 5) is 0. The van der Waals surface area contributed by atoms with Gasteiger partial charge >= 0.3 is 0 Å². The Bertz CT molecular complexity index is 507. The number of rotatable bonds is 4. The van der Waals surface area contributed by atoms with Gasteiger partial charge in [0.2, 0.25) is 0 Å². The summed E-state index contributed by atoms with van der Waals surface area (Å²) in [6.07, 6.45) is 3.44. The number of hydrogen-bond acceptors (Lipinski definition) is 1. The molecule has 0 bridgehead atoms. The second-order valence-electron chi connectivity index (χ2n) is 4.43. The van der Waals surface area contributed by atoms with Gasteiger partial charge in [-0.2, -0.15) is 0 Å². The fourth-order valence-electron chi connectivity index (χ4n) is 2.19. The largest absolute Gasteiger partial charge is 0.324 e. The van der Waals surface area contributed by atoms with Gasteiger partial charge in [0.05, 0.1) is 0 Å². The Morgan fingerprint density at radius 2 is 1.82 bits per heavy atom. The zero-order valence-corrected chi connectivity index (χ0v) is 11.7. The van der Waals surface area contributed by atoms with Crippen molar-refractivity contribution in [1.82, 2.24) is 0 Å². The molecule has 1 nitrogen and oxygen atoms in total. The van der Waals surface area contributed by atoms with E-state index in [2.05, 4.69) is 59.3 Å². The molecule has 2 aromatic rings. The molecular weight excluding hydrogens is 274 g/mol. The summed E-state index contributed by atoms with van der Waals surface area (Å²) in [7, 11) is 0. The maximum absolute atomic E-state index is 6.28. The third-order valence-corrected chi connectivity index (χ3v) is 3.86. The Labute approximate surface area is 111 Å². The van der Waals surface area contributed by atoms with Crippen LogP contribution in [0.3, 0.4) is 0 Å². The number of nitrogens with two attached hydrogens (primary N) is 1. The SMILES string of the molecule is CCCCC(N)c1ccc(Br)c2ccccc12. The molecule has 0 saturated heterocycles. The fourth-order valence-corrected chi connectivity index (χ4v) is 2.67. The quantitative estimate of drug-likeness (QED) is 0.861. The monoisotopic (exact) mass is 291 g/mol. The first-order valence-corrected chi connectivity index (χ1v) is 6.96. The fraction of sp³-hybridized carbons (Fsp3) is 0.333. The van der Waals surface area contributed by atoms with Gasteiger partial charge in [0.1, 0.15) is 0 Å². The molecule has 0 fully saturated rings. The molecule has 1 unspecified atom stereocenters. The molecular formula is C15H18BrN. The average molecular weight is 292 g/mol. The molecule has 0 saturated carbocycles. The molecule has 0 aliphatic heterocycles. The average Bonchev–Trinajstić information content (AvgIpc) is 2.37. The van der Waals surface area contributed by atoms with Crippen LogP contribution in [0.15, 0.2) is 40.9 Å². The van der Waals surface area contributed by atoms with Crippen LogP contribution < -0.4 is 5.73 Å². The molecule has 2 N–H and O–H groups in total. The molecule has 17 heavy (non-hydrogen) atoms. The van der Waals surface area contributed by atoms with Crippen LogP contribution in [-0.4, -0.2) is 0 Å². The Kier molecular flexibility index (Phi) is 4.19. The highest BCUT2D eigenvalue weighted by atomic mass is 79.9. The molecule has 1 atom stereocenters. The molecule has 0 aliphatic rings. The third kappa shape index (κ3) is 2.70. The Hall–Kier alpha value is -0.860. The first kappa shape index (κ1) is 12.6. The van der Waals surface area contributed by atoms with E-state index >= 15 is 0 Å². The van der Waals surface area contributed by atoms with E-state index in [1.54, 1.807) is 0 Å². The number of hydrogen-bond donors (Lipinski definition) is 1. The van der Waals surface area contributed by atoms with Gasteiger partial charge in [-0.25, -0.2) is 0 Å². The number of halogens is 1. The number of benzene rings is 2.